The van der Waals surface area contributed by atoms with Gasteiger partial charge in [-0.05, 0) is 43.3 Å². The Balaban J connectivity index is 2.06. The molecule has 0 radical (unpaired) electrons. The lowest BCUT2D eigenvalue weighted by molar-refractivity contribution is 0.0955. The van der Waals surface area contributed by atoms with Gasteiger partial charge >= 0.3 is 0 Å². The predicted molar refractivity (Wildman–Crippen MR) is 78.1 cm³/mol. The lowest BCUT2D eigenvalue weighted by atomic mass is 10.2. The second kappa shape index (κ2) is 6.24. The molecule has 2 aromatic rings. The molecule has 0 unspecified atom stereocenters. The first-order valence-corrected chi connectivity index (χ1v) is 6.47. The molecule has 19 heavy (non-hydrogen) atoms. The van der Waals surface area contributed by atoms with Crippen molar-refractivity contribution in [2.75, 3.05) is 0 Å². The van der Waals surface area contributed by atoms with Gasteiger partial charge in [-0.3, -0.25) is 9.78 Å². The van der Waals surface area contributed by atoms with Crippen molar-refractivity contribution in [3.05, 3.63) is 64.4 Å². The lowest BCUT2D eigenvalue weighted by Gasteiger charge is -2.03. The van der Waals surface area contributed by atoms with Crippen LogP contribution in [0.25, 0.3) is 0 Å². The van der Waals surface area contributed by atoms with Gasteiger partial charge in [0.15, 0.2) is 0 Å². The molecular formula is C14H12BrN3O. The van der Waals surface area contributed by atoms with Crippen LogP contribution >= 0.6 is 15.9 Å². The molecule has 0 aliphatic carbocycles. The van der Waals surface area contributed by atoms with Gasteiger partial charge in [-0.2, -0.15) is 5.10 Å². The summed E-state index contributed by atoms with van der Waals surface area (Å²) in [5.74, 6) is -0.235. The normalized spacial score (nSPS) is 11.2. The summed E-state index contributed by atoms with van der Waals surface area (Å²) in [5.41, 5.74) is 4.75. The minimum Gasteiger partial charge on any atom is -0.267 e. The van der Waals surface area contributed by atoms with E-state index in [4.69, 9.17) is 0 Å². The van der Waals surface area contributed by atoms with Crippen LogP contribution in [0.1, 0.15) is 22.8 Å². The molecule has 0 atom stereocenters. The SMILES string of the molecule is C/C(=N/NC(=O)c1ccc(Br)cc1)c1ccncc1. The number of nitrogens with one attached hydrogen (secondary N) is 1. The maximum absolute atomic E-state index is 11.8. The number of nitrogens with zero attached hydrogens (tertiary/aromatic N) is 2. The van der Waals surface area contributed by atoms with Gasteiger partial charge in [0.2, 0.25) is 0 Å². The van der Waals surface area contributed by atoms with E-state index in [1.807, 2.05) is 31.2 Å². The number of carbonyl (C=O) groups excluding carboxylic acids is 1. The minimum absolute atomic E-state index is 0.235. The van der Waals surface area contributed by atoms with E-state index < -0.39 is 0 Å². The highest BCUT2D eigenvalue weighted by Crippen LogP contribution is 2.10. The first-order valence-electron chi connectivity index (χ1n) is 5.67. The van der Waals surface area contributed by atoms with Crippen LogP contribution in [0.2, 0.25) is 0 Å². The van der Waals surface area contributed by atoms with Gasteiger partial charge in [-0.25, -0.2) is 5.43 Å². The number of halogens is 1. The topological polar surface area (TPSA) is 54.4 Å². The largest absolute Gasteiger partial charge is 0.271 e. The lowest BCUT2D eigenvalue weighted by Crippen LogP contribution is -2.19. The van der Waals surface area contributed by atoms with Crippen LogP contribution in [-0.2, 0) is 0 Å². The van der Waals surface area contributed by atoms with Crippen LogP contribution in [-0.4, -0.2) is 16.6 Å². The third-order valence-electron chi connectivity index (χ3n) is 2.53. The molecule has 0 saturated heterocycles. The van der Waals surface area contributed by atoms with Gasteiger partial charge < -0.3 is 0 Å². The number of amides is 1. The van der Waals surface area contributed by atoms with Crippen molar-refractivity contribution in [2.24, 2.45) is 5.10 Å². The van der Waals surface area contributed by atoms with Crippen molar-refractivity contribution < 1.29 is 4.79 Å². The molecule has 2 rings (SSSR count). The van der Waals surface area contributed by atoms with Gasteiger partial charge in [0.1, 0.15) is 0 Å². The summed E-state index contributed by atoms with van der Waals surface area (Å²) in [6.45, 7) is 1.83. The van der Waals surface area contributed by atoms with Gasteiger partial charge in [0.25, 0.3) is 5.91 Å². The van der Waals surface area contributed by atoms with E-state index in [0.29, 0.717) is 5.56 Å². The summed E-state index contributed by atoms with van der Waals surface area (Å²) in [6.07, 6.45) is 3.37. The van der Waals surface area contributed by atoms with Crippen LogP contribution in [0.4, 0.5) is 0 Å². The number of hydrazone groups is 1. The van der Waals surface area contributed by atoms with E-state index in [-0.39, 0.29) is 5.91 Å². The fourth-order valence-electron chi connectivity index (χ4n) is 1.46. The molecule has 0 bridgehead atoms. The van der Waals surface area contributed by atoms with Crippen molar-refractivity contribution >= 4 is 27.5 Å². The van der Waals surface area contributed by atoms with Crippen LogP contribution in [0.5, 0.6) is 0 Å². The molecule has 0 fully saturated rings. The zero-order valence-corrected chi connectivity index (χ0v) is 11.9. The molecule has 1 aromatic carbocycles. The molecular weight excluding hydrogens is 306 g/mol. The number of aromatic nitrogens is 1. The summed E-state index contributed by atoms with van der Waals surface area (Å²) >= 11 is 3.32. The molecule has 0 aliphatic heterocycles. The molecule has 96 valence electrons. The summed E-state index contributed by atoms with van der Waals surface area (Å²) in [7, 11) is 0. The quantitative estimate of drug-likeness (QED) is 0.699. The van der Waals surface area contributed by atoms with Crippen molar-refractivity contribution in [3.63, 3.8) is 0 Å². The summed E-state index contributed by atoms with van der Waals surface area (Å²) < 4.78 is 0.931. The first-order chi connectivity index (χ1) is 9.16. The van der Waals surface area contributed by atoms with Crippen molar-refractivity contribution in [3.8, 4) is 0 Å². The maximum Gasteiger partial charge on any atom is 0.271 e. The van der Waals surface area contributed by atoms with E-state index in [0.717, 1.165) is 15.7 Å². The van der Waals surface area contributed by atoms with E-state index in [2.05, 4.69) is 31.4 Å². The summed E-state index contributed by atoms with van der Waals surface area (Å²) in [5, 5.41) is 4.07. The average molecular weight is 318 g/mol. The van der Waals surface area contributed by atoms with Crippen LogP contribution in [0, 0.1) is 0 Å². The number of benzene rings is 1. The number of pyridine rings is 1. The molecule has 5 heteroatoms. The Hall–Kier alpha value is -2.01. The minimum atomic E-state index is -0.235. The Kier molecular flexibility index (Phi) is 4.41. The van der Waals surface area contributed by atoms with Crippen LogP contribution < -0.4 is 5.43 Å². The summed E-state index contributed by atoms with van der Waals surface area (Å²) in [4.78, 5) is 15.8. The highest BCUT2D eigenvalue weighted by molar-refractivity contribution is 9.10. The Labute approximate surface area is 119 Å². The van der Waals surface area contributed by atoms with Gasteiger partial charge in [-0.15, -0.1) is 0 Å². The number of hydrogen-bond donors (Lipinski definition) is 1. The van der Waals surface area contributed by atoms with E-state index in [1.165, 1.54) is 0 Å². The fraction of sp³-hybridized carbons (Fsp3) is 0.0714. The van der Waals surface area contributed by atoms with Gasteiger partial charge in [-0.1, -0.05) is 15.9 Å². The Bertz CT molecular complexity index is 594. The molecule has 1 amide bonds. The number of hydrogen-bond acceptors (Lipinski definition) is 3. The Morgan fingerprint density at radius 2 is 1.74 bits per heavy atom. The maximum atomic E-state index is 11.8. The van der Waals surface area contributed by atoms with Gasteiger partial charge in [0.05, 0.1) is 5.71 Å². The fourth-order valence-corrected chi connectivity index (χ4v) is 1.72. The smallest absolute Gasteiger partial charge is 0.267 e. The van der Waals surface area contributed by atoms with Crippen molar-refractivity contribution in [2.45, 2.75) is 6.92 Å². The summed E-state index contributed by atoms with van der Waals surface area (Å²) in [6, 6.07) is 10.8. The molecule has 0 spiro atoms. The molecule has 4 nitrogen and oxygen atoms in total. The monoisotopic (exact) mass is 317 g/mol. The van der Waals surface area contributed by atoms with Crippen molar-refractivity contribution in [1.82, 2.24) is 10.4 Å². The average Bonchev–Trinajstić information content (AvgIpc) is 2.46. The molecule has 0 saturated carbocycles. The third kappa shape index (κ3) is 3.72. The highest BCUT2D eigenvalue weighted by Gasteiger charge is 2.04. The van der Waals surface area contributed by atoms with Crippen LogP contribution in [0.15, 0.2) is 58.4 Å². The molecule has 1 N–H and O–H groups in total. The van der Waals surface area contributed by atoms with E-state index in [1.54, 1.807) is 24.5 Å². The zero-order valence-electron chi connectivity index (χ0n) is 10.3. The molecule has 0 aliphatic rings. The highest BCUT2D eigenvalue weighted by atomic mass is 79.9. The second-order valence-corrected chi connectivity index (χ2v) is 4.80. The Morgan fingerprint density at radius 1 is 1.11 bits per heavy atom. The number of rotatable bonds is 3. The predicted octanol–water partition coefficient (Wildman–Crippen LogP) is 3.00. The third-order valence-corrected chi connectivity index (χ3v) is 3.06. The molecule has 1 aromatic heterocycles. The first kappa shape index (κ1) is 13.4. The Morgan fingerprint density at radius 3 is 2.37 bits per heavy atom. The standard InChI is InChI=1S/C14H12BrN3O/c1-10(11-6-8-16-9-7-11)17-18-14(19)12-2-4-13(15)5-3-12/h2-9H,1H3,(H,18,19)/b17-10-. The zero-order chi connectivity index (χ0) is 13.7. The van der Waals surface area contributed by atoms with E-state index >= 15 is 0 Å². The van der Waals surface area contributed by atoms with Crippen molar-refractivity contribution in [1.29, 1.82) is 0 Å². The van der Waals surface area contributed by atoms with Gasteiger partial charge in [0, 0.05) is 28.0 Å². The van der Waals surface area contributed by atoms with Crippen LogP contribution in [0.3, 0.4) is 0 Å². The van der Waals surface area contributed by atoms with E-state index in [9.17, 15) is 4.79 Å². The molecule has 1 heterocycles. The number of carbonyl (C=O) groups is 1. The second-order valence-electron chi connectivity index (χ2n) is 3.88.